The molecule has 5 nitrogen and oxygen atoms in total. The third kappa shape index (κ3) is 4.19. The first kappa shape index (κ1) is 14.8. The molecule has 1 aromatic rings. The molecule has 0 aliphatic carbocycles. The fourth-order valence-corrected chi connectivity index (χ4v) is 1.94. The maximum absolute atomic E-state index is 10.3. The molecule has 18 heavy (non-hydrogen) atoms. The molecule has 0 spiro atoms. The Morgan fingerprint density at radius 2 is 1.94 bits per heavy atom. The minimum atomic E-state index is -0.977. The third-order valence-electron chi connectivity index (χ3n) is 2.30. The minimum absolute atomic E-state index is 0.296. The van der Waals surface area contributed by atoms with Crippen LogP contribution in [0.1, 0.15) is 5.56 Å². The fraction of sp³-hybridized carbons (Fsp3) is 0.417. The predicted molar refractivity (Wildman–Crippen MR) is 69.4 cm³/mol. The third-order valence-corrected chi connectivity index (χ3v) is 2.92. The Morgan fingerprint density at radius 1 is 1.28 bits per heavy atom. The highest BCUT2D eigenvalue weighted by Gasteiger charge is 2.09. The van der Waals surface area contributed by atoms with Crippen molar-refractivity contribution in [1.29, 1.82) is 0 Å². The SMILES string of the molecule is COc1cc(CCOCC(=O)O)c(OC)cc1Br. The van der Waals surface area contributed by atoms with Gasteiger partial charge in [0.25, 0.3) is 0 Å². The van der Waals surface area contributed by atoms with Gasteiger partial charge in [-0.05, 0) is 34.5 Å². The van der Waals surface area contributed by atoms with E-state index in [2.05, 4.69) is 15.9 Å². The first-order chi connectivity index (χ1) is 8.58. The largest absolute Gasteiger partial charge is 0.496 e. The number of carboxylic acid groups (broad SMARTS) is 1. The summed E-state index contributed by atoms with van der Waals surface area (Å²) in [6, 6.07) is 3.65. The minimum Gasteiger partial charge on any atom is -0.496 e. The van der Waals surface area contributed by atoms with Crippen molar-refractivity contribution in [3.05, 3.63) is 22.2 Å². The molecule has 0 amide bonds. The highest BCUT2D eigenvalue weighted by Crippen LogP contribution is 2.32. The molecule has 6 heteroatoms. The second-order valence-corrected chi connectivity index (χ2v) is 4.35. The summed E-state index contributed by atoms with van der Waals surface area (Å²) in [5.41, 5.74) is 0.905. The number of carbonyl (C=O) groups is 1. The van der Waals surface area contributed by atoms with Crippen LogP contribution in [-0.4, -0.2) is 38.5 Å². The molecule has 0 aliphatic heterocycles. The van der Waals surface area contributed by atoms with E-state index < -0.39 is 5.97 Å². The monoisotopic (exact) mass is 318 g/mol. The molecule has 0 saturated carbocycles. The summed E-state index contributed by atoms with van der Waals surface area (Å²) in [6.07, 6.45) is 0.556. The number of hydrogen-bond donors (Lipinski definition) is 1. The van der Waals surface area contributed by atoms with Crippen LogP contribution in [-0.2, 0) is 16.0 Å². The van der Waals surface area contributed by atoms with Gasteiger partial charge in [-0.25, -0.2) is 4.79 Å². The van der Waals surface area contributed by atoms with Crippen molar-refractivity contribution >= 4 is 21.9 Å². The molecule has 0 saturated heterocycles. The summed E-state index contributed by atoms with van der Waals surface area (Å²) in [5, 5.41) is 8.45. The zero-order valence-corrected chi connectivity index (χ0v) is 11.8. The molecule has 0 heterocycles. The zero-order chi connectivity index (χ0) is 13.5. The number of benzene rings is 1. The van der Waals surface area contributed by atoms with Crippen LogP contribution in [0.15, 0.2) is 16.6 Å². The van der Waals surface area contributed by atoms with Crippen LogP contribution in [0, 0.1) is 0 Å². The quantitative estimate of drug-likeness (QED) is 0.780. The smallest absolute Gasteiger partial charge is 0.329 e. The van der Waals surface area contributed by atoms with E-state index in [4.69, 9.17) is 19.3 Å². The second kappa shape index (κ2) is 7.23. The van der Waals surface area contributed by atoms with Crippen LogP contribution in [0.4, 0.5) is 0 Å². The molecule has 100 valence electrons. The highest BCUT2D eigenvalue weighted by atomic mass is 79.9. The first-order valence-corrected chi connectivity index (χ1v) is 6.07. The van der Waals surface area contributed by atoms with Gasteiger partial charge in [0.2, 0.25) is 0 Å². The fourth-order valence-electron chi connectivity index (χ4n) is 1.46. The van der Waals surface area contributed by atoms with Crippen molar-refractivity contribution in [1.82, 2.24) is 0 Å². The molecule has 0 aromatic heterocycles. The topological polar surface area (TPSA) is 65.0 Å². The van der Waals surface area contributed by atoms with Gasteiger partial charge in [-0.1, -0.05) is 0 Å². The van der Waals surface area contributed by atoms with Crippen molar-refractivity contribution in [3.8, 4) is 11.5 Å². The van der Waals surface area contributed by atoms with Gasteiger partial charge in [-0.3, -0.25) is 0 Å². The molecule has 0 atom stereocenters. The lowest BCUT2D eigenvalue weighted by Crippen LogP contribution is -2.09. The zero-order valence-electron chi connectivity index (χ0n) is 10.2. The lowest BCUT2D eigenvalue weighted by molar-refractivity contribution is -0.142. The summed E-state index contributed by atoms with van der Waals surface area (Å²) in [6.45, 7) is 0.0173. The molecular formula is C12H15BrO5. The van der Waals surface area contributed by atoms with Gasteiger partial charge >= 0.3 is 5.97 Å². The van der Waals surface area contributed by atoms with E-state index in [1.54, 1.807) is 14.2 Å². The maximum atomic E-state index is 10.3. The van der Waals surface area contributed by atoms with Crippen LogP contribution >= 0.6 is 15.9 Å². The standard InChI is InChI=1S/C12H15BrO5/c1-16-10-6-9(13)11(17-2)5-8(10)3-4-18-7-12(14)15/h5-6H,3-4,7H2,1-2H3,(H,14,15). The summed E-state index contributed by atoms with van der Waals surface area (Å²) in [7, 11) is 3.16. The molecular weight excluding hydrogens is 304 g/mol. The Balaban J connectivity index is 2.70. The van der Waals surface area contributed by atoms with Crippen LogP contribution in [0.3, 0.4) is 0 Å². The molecule has 0 aliphatic rings. The first-order valence-electron chi connectivity index (χ1n) is 5.28. The lowest BCUT2D eigenvalue weighted by Gasteiger charge is -2.12. The molecule has 1 N–H and O–H groups in total. The second-order valence-electron chi connectivity index (χ2n) is 3.49. The predicted octanol–water partition coefficient (Wildman–Crippen LogP) is 2.11. The normalized spacial score (nSPS) is 10.2. The molecule has 0 radical (unpaired) electrons. The number of rotatable bonds is 7. The highest BCUT2D eigenvalue weighted by molar-refractivity contribution is 9.10. The van der Waals surface area contributed by atoms with Gasteiger partial charge in [-0.2, -0.15) is 0 Å². The van der Waals surface area contributed by atoms with E-state index in [9.17, 15) is 4.79 Å². The van der Waals surface area contributed by atoms with Gasteiger partial charge < -0.3 is 19.3 Å². The van der Waals surface area contributed by atoms with Crippen molar-refractivity contribution in [3.63, 3.8) is 0 Å². The van der Waals surface area contributed by atoms with E-state index in [1.165, 1.54) is 0 Å². The number of methoxy groups -OCH3 is 2. The molecule has 0 unspecified atom stereocenters. The van der Waals surface area contributed by atoms with E-state index in [0.717, 1.165) is 10.0 Å². The number of halogens is 1. The van der Waals surface area contributed by atoms with E-state index >= 15 is 0 Å². The van der Waals surface area contributed by atoms with Crippen molar-refractivity contribution in [2.24, 2.45) is 0 Å². The summed E-state index contributed by atoms with van der Waals surface area (Å²) in [4.78, 5) is 10.3. The number of ether oxygens (including phenoxy) is 3. The van der Waals surface area contributed by atoms with Gasteiger partial charge in [0.05, 0.1) is 25.3 Å². The van der Waals surface area contributed by atoms with E-state index in [0.29, 0.717) is 24.5 Å². The van der Waals surface area contributed by atoms with Gasteiger partial charge in [-0.15, -0.1) is 0 Å². The average Bonchev–Trinajstić information content (AvgIpc) is 2.35. The van der Waals surface area contributed by atoms with Crippen molar-refractivity contribution in [2.75, 3.05) is 27.4 Å². The van der Waals surface area contributed by atoms with Crippen LogP contribution in [0.5, 0.6) is 11.5 Å². The molecule has 0 fully saturated rings. The lowest BCUT2D eigenvalue weighted by atomic mass is 10.1. The number of hydrogen-bond acceptors (Lipinski definition) is 4. The van der Waals surface area contributed by atoms with Crippen LogP contribution in [0.25, 0.3) is 0 Å². The average molecular weight is 319 g/mol. The van der Waals surface area contributed by atoms with E-state index in [1.807, 2.05) is 12.1 Å². The Labute approximate surface area is 114 Å². The van der Waals surface area contributed by atoms with Crippen LogP contribution in [0.2, 0.25) is 0 Å². The molecule has 1 rings (SSSR count). The van der Waals surface area contributed by atoms with Crippen molar-refractivity contribution in [2.45, 2.75) is 6.42 Å². The Morgan fingerprint density at radius 3 is 2.50 bits per heavy atom. The van der Waals surface area contributed by atoms with Crippen molar-refractivity contribution < 1.29 is 24.1 Å². The van der Waals surface area contributed by atoms with E-state index in [-0.39, 0.29) is 6.61 Å². The maximum Gasteiger partial charge on any atom is 0.329 e. The number of carboxylic acids is 1. The Kier molecular flexibility index (Phi) is 5.94. The number of aliphatic carboxylic acids is 1. The summed E-state index contributed by atoms with van der Waals surface area (Å²) < 4.78 is 16.2. The van der Waals surface area contributed by atoms with Gasteiger partial charge in [0, 0.05) is 5.56 Å². The molecule has 0 bridgehead atoms. The van der Waals surface area contributed by atoms with Gasteiger partial charge in [0.1, 0.15) is 18.1 Å². The summed E-state index contributed by atoms with van der Waals surface area (Å²) in [5.74, 6) is 0.431. The van der Waals surface area contributed by atoms with Crippen LogP contribution < -0.4 is 9.47 Å². The Bertz CT molecular complexity index is 419. The Hall–Kier alpha value is -1.27. The summed E-state index contributed by atoms with van der Waals surface area (Å²) >= 11 is 3.37. The van der Waals surface area contributed by atoms with Gasteiger partial charge in [0.15, 0.2) is 0 Å². The molecule has 1 aromatic carbocycles.